The lowest BCUT2D eigenvalue weighted by Gasteiger charge is -2.34. The molecule has 0 bridgehead atoms. The van der Waals surface area contributed by atoms with Crippen LogP contribution in [0.4, 0.5) is 0 Å². The fraction of sp³-hybridized carbons (Fsp3) is 0.857. The maximum atomic E-state index is 8.29. The molecule has 0 aliphatic heterocycles. The molecule has 3 N–H and O–H groups in total. The van der Waals surface area contributed by atoms with Crippen LogP contribution in [0.15, 0.2) is 5.16 Å². The summed E-state index contributed by atoms with van der Waals surface area (Å²) in [5.74, 6) is 0.291. The molecule has 4 nitrogen and oxygen atoms in total. The van der Waals surface area contributed by atoms with Crippen LogP contribution in [0.3, 0.4) is 0 Å². The molecular weight excluding hydrogens is 142 g/mol. The Morgan fingerprint density at radius 1 is 1.73 bits per heavy atom. The quantitative estimate of drug-likeness (QED) is 0.266. The fourth-order valence-electron chi connectivity index (χ4n) is 1.24. The van der Waals surface area contributed by atoms with Crippen LogP contribution < -0.4 is 5.73 Å². The molecule has 0 aromatic heterocycles. The van der Waals surface area contributed by atoms with Crippen LogP contribution in [-0.4, -0.2) is 35.6 Å². The molecule has 0 heterocycles. The Kier molecular flexibility index (Phi) is 2.70. The van der Waals surface area contributed by atoms with Gasteiger partial charge in [-0.1, -0.05) is 11.6 Å². The zero-order chi connectivity index (χ0) is 8.27. The van der Waals surface area contributed by atoms with Gasteiger partial charge in [0, 0.05) is 6.04 Å². The minimum absolute atomic E-state index is 0.291. The summed E-state index contributed by atoms with van der Waals surface area (Å²) in [6.45, 7) is 0.571. The van der Waals surface area contributed by atoms with E-state index in [-0.39, 0.29) is 0 Å². The van der Waals surface area contributed by atoms with E-state index in [9.17, 15) is 0 Å². The number of nitrogens with two attached hydrogens (primary N) is 1. The summed E-state index contributed by atoms with van der Waals surface area (Å²) in [6.07, 6.45) is 3.80. The maximum absolute atomic E-state index is 8.29. The van der Waals surface area contributed by atoms with Crippen LogP contribution >= 0.6 is 0 Å². The Balaban J connectivity index is 2.24. The van der Waals surface area contributed by atoms with Gasteiger partial charge in [-0.15, -0.1) is 0 Å². The van der Waals surface area contributed by atoms with Crippen LogP contribution in [0.1, 0.15) is 19.3 Å². The molecule has 0 saturated heterocycles. The monoisotopic (exact) mass is 157 g/mol. The van der Waals surface area contributed by atoms with Crippen LogP contribution in [0, 0.1) is 0 Å². The van der Waals surface area contributed by atoms with Gasteiger partial charge in [0.1, 0.15) is 0 Å². The summed E-state index contributed by atoms with van der Waals surface area (Å²) in [7, 11) is 2.00. The Hall–Kier alpha value is -0.770. The third-order valence-electron chi connectivity index (χ3n) is 2.24. The third-order valence-corrected chi connectivity index (χ3v) is 2.24. The molecule has 0 aromatic rings. The van der Waals surface area contributed by atoms with Crippen molar-refractivity contribution in [3.8, 4) is 0 Å². The molecule has 1 rings (SSSR count). The number of likely N-dealkylation sites (N-methyl/N-ethyl adjacent to an activating group) is 1. The van der Waals surface area contributed by atoms with Gasteiger partial charge in [0.2, 0.25) is 0 Å². The van der Waals surface area contributed by atoms with Crippen molar-refractivity contribution >= 4 is 5.84 Å². The topological polar surface area (TPSA) is 61.8 Å². The van der Waals surface area contributed by atoms with Crippen LogP contribution in [0.2, 0.25) is 0 Å². The predicted octanol–water partition coefficient (Wildman–Crippen LogP) is 0.217. The molecule has 0 atom stereocenters. The largest absolute Gasteiger partial charge is 0.409 e. The molecular formula is C7H15N3O. The highest BCUT2D eigenvalue weighted by atomic mass is 16.4. The van der Waals surface area contributed by atoms with E-state index in [2.05, 4.69) is 10.1 Å². The standard InChI is InChI=1S/C7H15N3O/c1-10(5-7(8)9-11)6-3-2-4-6/h6,11H,2-5H2,1H3,(H2,8,9). The zero-order valence-electron chi connectivity index (χ0n) is 6.82. The zero-order valence-corrected chi connectivity index (χ0v) is 6.82. The lowest BCUT2D eigenvalue weighted by molar-refractivity contribution is 0.178. The minimum Gasteiger partial charge on any atom is -0.409 e. The first-order chi connectivity index (χ1) is 5.24. The van der Waals surface area contributed by atoms with Gasteiger partial charge in [-0.25, -0.2) is 0 Å². The molecule has 4 heteroatoms. The van der Waals surface area contributed by atoms with Gasteiger partial charge in [-0.2, -0.15) is 0 Å². The van der Waals surface area contributed by atoms with Gasteiger partial charge in [-0.05, 0) is 19.9 Å². The smallest absolute Gasteiger partial charge is 0.153 e. The highest BCUT2D eigenvalue weighted by Crippen LogP contribution is 2.22. The van der Waals surface area contributed by atoms with E-state index in [1.165, 1.54) is 19.3 Å². The van der Waals surface area contributed by atoms with Gasteiger partial charge in [0.05, 0.1) is 6.54 Å². The summed E-state index contributed by atoms with van der Waals surface area (Å²) >= 11 is 0. The Bertz CT molecular complexity index is 154. The molecule has 0 aromatic carbocycles. The third kappa shape index (κ3) is 2.08. The lowest BCUT2D eigenvalue weighted by Crippen LogP contribution is -2.42. The van der Waals surface area contributed by atoms with Crippen molar-refractivity contribution in [2.45, 2.75) is 25.3 Å². The number of amidine groups is 1. The summed E-state index contributed by atoms with van der Waals surface area (Å²) in [4.78, 5) is 2.12. The highest BCUT2D eigenvalue weighted by Gasteiger charge is 2.22. The van der Waals surface area contributed by atoms with E-state index >= 15 is 0 Å². The Labute approximate surface area is 66.7 Å². The number of rotatable bonds is 3. The summed E-state index contributed by atoms with van der Waals surface area (Å²) in [5, 5.41) is 11.2. The van der Waals surface area contributed by atoms with E-state index in [1.807, 2.05) is 7.05 Å². The SMILES string of the molecule is CN(CC(N)=NO)C1CCC1. The second kappa shape index (κ2) is 3.57. The van der Waals surface area contributed by atoms with Crippen molar-refractivity contribution in [1.29, 1.82) is 0 Å². The van der Waals surface area contributed by atoms with E-state index < -0.39 is 0 Å². The first-order valence-corrected chi connectivity index (χ1v) is 3.90. The molecule has 1 aliphatic carbocycles. The number of oxime groups is 1. The molecule has 64 valence electrons. The average molecular weight is 157 g/mol. The van der Waals surface area contributed by atoms with Crippen LogP contribution in [0.5, 0.6) is 0 Å². The van der Waals surface area contributed by atoms with Gasteiger partial charge in [0.15, 0.2) is 5.84 Å². The summed E-state index contributed by atoms with van der Waals surface area (Å²) in [5.41, 5.74) is 5.35. The second-order valence-electron chi connectivity index (χ2n) is 3.09. The fourth-order valence-corrected chi connectivity index (χ4v) is 1.24. The van der Waals surface area contributed by atoms with Gasteiger partial charge in [0.25, 0.3) is 0 Å². The molecule has 1 aliphatic rings. The van der Waals surface area contributed by atoms with E-state index in [0.717, 1.165) is 0 Å². The van der Waals surface area contributed by atoms with Crippen molar-refractivity contribution in [2.75, 3.05) is 13.6 Å². The molecule has 0 spiro atoms. The van der Waals surface area contributed by atoms with Crippen molar-refractivity contribution in [2.24, 2.45) is 10.9 Å². The first kappa shape index (κ1) is 8.33. The maximum Gasteiger partial charge on any atom is 0.153 e. The van der Waals surface area contributed by atoms with Gasteiger partial charge < -0.3 is 10.9 Å². The first-order valence-electron chi connectivity index (χ1n) is 3.90. The second-order valence-corrected chi connectivity index (χ2v) is 3.09. The van der Waals surface area contributed by atoms with Crippen LogP contribution in [0.25, 0.3) is 0 Å². The number of nitrogens with zero attached hydrogens (tertiary/aromatic N) is 2. The normalized spacial score (nSPS) is 20.4. The Morgan fingerprint density at radius 2 is 2.36 bits per heavy atom. The highest BCUT2D eigenvalue weighted by molar-refractivity contribution is 5.81. The molecule has 1 fully saturated rings. The summed E-state index contributed by atoms with van der Waals surface area (Å²) in [6, 6.07) is 0.648. The molecule has 0 unspecified atom stereocenters. The van der Waals surface area contributed by atoms with Gasteiger partial charge in [-0.3, -0.25) is 4.90 Å². The van der Waals surface area contributed by atoms with Gasteiger partial charge >= 0.3 is 0 Å². The number of hydrogen-bond acceptors (Lipinski definition) is 3. The van der Waals surface area contributed by atoms with E-state index in [1.54, 1.807) is 0 Å². The molecule has 11 heavy (non-hydrogen) atoms. The van der Waals surface area contributed by atoms with Crippen molar-refractivity contribution < 1.29 is 5.21 Å². The van der Waals surface area contributed by atoms with Crippen molar-refractivity contribution in [3.05, 3.63) is 0 Å². The average Bonchev–Trinajstić information content (AvgIpc) is 1.83. The predicted molar refractivity (Wildman–Crippen MR) is 43.7 cm³/mol. The molecule has 0 amide bonds. The van der Waals surface area contributed by atoms with E-state index in [0.29, 0.717) is 18.4 Å². The minimum atomic E-state index is 0.291. The number of hydrogen-bond donors (Lipinski definition) is 2. The molecule has 0 radical (unpaired) electrons. The van der Waals surface area contributed by atoms with Crippen molar-refractivity contribution in [1.82, 2.24) is 4.90 Å². The Morgan fingerprint density at radius 3 is 2.73 bits per heavy atom. The molecule has 1 saturated carbocycles. The lowest BCUT2D eigenvalue weighted by atomic mass is 9.92. The van der Waals surface area contributed by atoms with E-state index in [4.69, 9.17) is 10.9 Å². The van der Waals surface area contributed by atoms with Crippen molar-refractivity contribution in [3.63, 3.8) is 0 Å². The summed E-state index contributed by atoms with van der Waals surface area (Å²) < 4.78 is 0. The van der Waals surface area contributed by atoms with Crippen LogP contribution in [-0.2, 0) is 0 Å².